The number of rotatable bonds is 30. The van der Waals surface area contributed by atoms with E-state index in [1.54, 1.807) is 36.7 Å². The van der Waals surface area contributed by atoms with Crippen LogP contribution in [0, 0.1) is 34.4 Å². The van der Waals surface area contributed by atoms with Crippen molar-refractivity contribution in [1.82, 2.24) is 48.9 Å². The van der Waals surface area contributed by atoms with Crippen LogP contribution in [-0.4, -0.2) is 176 Å². The summed E-state index contributed by atoms with van der Waals surface area (Å²) >= 11 is 8.71. The van der Waals surface area contributed by atoms with Gasteiger partial charge < -0.3 is 55.4 Å². The molecule has 1 aliphatic carbocycles. The van der Waals surface area contributed by atoms with Gasteiger partial charge in [0.25, 0.3) is 22.2 Å². The Labute approximate surface area is 865 Å². The summed E-state index contributed by atoms with van der Waals surface area (Å²) in [6.07, 6.45) is 8.13. The van der Waals surface area contributed by atoms with Gasteiger partial charge in [0.1, 0.15) is 56.4 Å². The number of halogens is 2. The van der Waals surface area contributed by atoms with E-state index in [2.05, 4.69) is 100 Å². The highest BCUT2D eigenvalue weighted by Gasteiger charge is 2.42. The summed E-state index contributed by atoms with van der Waals surface area (Å²) in [5.41, 5.74) is 0.876. The second-order valence-electron chi connectivity index (χ2n) is 37.9. The molecule has 4 atom stereocenters. The summed E-state index contributed by atoms with van der Waals surface area (Å²) in [4.78, 5) is 69.1. The molecule has 7 aromatic heterocycles. The van der Waals surface area contributed by atoms with Crippen molar-refractivity contribution in [3.8, 4) is 56.9 Å². The number of benzene rings is 5. The van der Waals surface area contributed by atoms with Crippen molar-refractivity contribution in [2.75, 3.05) is 80.2 Å². The van der Waals surface area contributed by atoms with Crippen LogP contribution in [0.25, 0.3) is 44.5 Å². The van der Waals surface area contributed by atoms with Gasteiger partial charge in [-0.25, -0.2) is 61.8 Å². The Bertz CT molecular complexity index is 8240. The van der Waals surface area contributed by atoms with E-state index < -0.39 is 104 Å². The number of hydrogen-bond donors (Lipinski definition) is 14. The van der Waals surface area contributed by atoms with Gasteiger partial charge in [-0.3, -0.25) is 51.8 Å². The molecule has 0 amide bonds. The molecule has 14 N–H and O–H groups in total. The first-order valence-corrected chi connectivity index (χ1v) is 61.5. The van der Waals surface area contributed by atoms with Crippen LogP contribution in [0.3, 0.4) is 0 Å². The van der Waals surface area contributed by atoms with Crippen molar-refractivity contribution in [1.29, 1.82) is 0 Å². The van der Waals surface area contributed by atoms with Gasteiger partial charge in [-0.1, -0.05) is 86.9 Å². The van der Waals surface area contributed by atoms with Crippen molar-refractivity contribution in [2.45, 2.75) is 148 Å². The van der Waals surface area contributed by atoms with E-state index in [1.807, 2.05) is 59.2 Å². The SMILES string of the molecule is CC(C)Cc1nn(CCC(C)(C)C)c(=O)c(-c2nc3ccc(NS(C)(=O)=O)cc3[p+](=O)[nH]2)c1O.CC(C)Cc1nn(CCC(C)(C)C)c(=O)c(C2=NP(=O)(O)c3cc(NS(C)(=O)=O)ccc3N2)c1O.CCOP1(=O)N=C(c2c(O)c(-c3ccsc3)nn(CC3CC3)c2=O)Nc2ccc(NS(C)(=O)=O)cc21.CCOP1(=O)N=C(c2c(O)c(-c3ccsc3)nn(Cc3ccc(F)c(Cl)c3)c2=O)Nc2ccc(NS(C)(=O)=O)cc21.CO. The smallest absolute Gasteiger partial charge is 0.503 e. The number of fused-ring (bicyclic) bond motifs is 4. The first-order valence-electron chi connectivity index (χ1n) is 45.6. The predicted octanol–water partition coefficient (Wildman–Crippen LogP) is 14.3. The van der Waals surface area contributed by atoms with Crippen LogP contribution < -0.4 is 73.0 Å². The Morgan fingerprint density at radius 1 is 0.520 bits per heavy atom. The van der Waals surface area contributed by atoms with Crippen LogP contribution >= 0.6 is 64.4 Å². The highest BCUT2D eigenvalue weighted by Crippen LogP contribution is 2.55. The van der Waals surface area contributed by atoms with Gasteiger partial charge in [0, 0.05) is 71.8 Å². The molecule has 0 radical (unpaired) electrons. The minimum Gasteiger partial charge on any atom is -0.505 e. The molecule has 16 rings (SSSR count). The third kappa shape index (κ3) is 28.8. The van der Waals surface area contributed by atoms with Crippen molar-refractivity contribution >= 4 is 188 Å². The lowest BCUT2D eigenvalue weighted by Crippen LogP contribution is -2.35. The minimum atomic E-state index is -4.42. The second-order valence-corrected chi connectivity index (χ2v) is 53.9. The first kappa shape index (κ1) is 115. The van der Waals surface area contributed by atoms with E-state index in [1.165, 1.54) is 128 Å². The minimum absolute atomic E-state index is 0.00292. The standard InChI is InChI=1S/C25H22ClFN5O6PS2.C22H24N5O6PS2.C22H32N5O6PS.C22H30N5O5PS.CH4O/c1-3-38-39(35)20-11-16(31-41(2,36)37)5-7-19(20)28-24(30-39)21-23(33)22(15-8-9-40-13-15)29-32(25(21)34)12-14-4-6-18(27)17(26)10-14;1-3-33-34(30)17-10-15(26-36(2,31)32)6-7-16(17)23-21(25-34)18-20(28)19(14-8-9-35-12-14)24-27(22(18)29)11-13-4-5-13;1-13(2)11-16-19(28)18(21(29)27(24-16)10-9-22(3,4)5)20-23-15-8-7-14(26-35(6,32)33)12-17(15)34(30,31)25-20;1-13(2)11-16-19(28)18(21(29)27(24-16)10-9-22(3,4)5)20-23-15-8-7-14(26-34(6,31)32)12-17(15)33(30)25-20;1-2/h4-11,13,31,33H,3,12H2,1-2H3,(H,28,30,35);6-10,12-13,26,28H,3-5,11H2,1-2H3,(H,23,25,30);7-8,12-13,26,28H,9-11H2,1-6H3,(H2,23,25,30,31);7-8,12-13H,9-11H2,1-6H3,(H2-,23,24,25,26,28,29,30);2H,1H3/p+1. The Kier molecular flexibility index (Phi) is 35.5. The molecule has 5 aromatic carbocycles. The zero-order valence-corrected chi connectivity index (χ0v) is 92.5. The van der Waals surface area contributed by atoms with Gasteiger partial charge in [0.15, 0.2) is 46.3 Å². The lowest BCUT2D eigenvalue weighted by atomic mass is 9.92. The number of amidine groups is 3. The molecule has 56 heteroatoms. The molecule has 0 spiro atoms. The van der Waals surface area contributed by atoms with E-state index in [-0.39, 0.29) is 177 Å². The summed E-state index contributed by atoms with van der Waals surface area (Å²) in [6, 6.07) is 24.6. The lowest BCUT2D eigenvalue weighted by Gasteiger charge is -2.26. The van der Waals surface area contributed by atoms with E-state index >= 15 is 0 Å². The van der Waals surface area contributed by atoms with Crippen LogP contribution in [0.5, 0.6) is 23.0 Å². The summed E-state index contributed by atoms with van der Waals surface area (Å²) in [5.74, 6) is -2.11. The van der Waals surface area contributed by atoms with Crippen molar-refractivity contribution in [2.24, 2.45) is 42.9 Å². The number of aromatic nitrogens is 10. The molecule has 1 fully saturated rings. The van der Waals surface area contributed by atoms with Crippen LogP contribution in [0.2, 0.25) is 5.02 Å². The van der Waals surface area contributed by atoms with Gasteiger partial charge in [0.2, 0.25) is 45.2 Å². The van der Waals surface area contributed by atoms with Crippen LogP contribution in [-0.2, 0) is 106 Å². The van der Waals surface area contributed by atoms with Crippen LogP contribution in [0.15, 0.2) is 158 Å². The van der Waals surface area contributed by atoms with Crippen LogP contribution in [0.4, 0.5) is 44.2 Å². The zero-order chi connectivity index (χ0) is 109. The molecule has 4 aliphatic rings. The average Bonchev–Trinajstić information content (AvgIpc) is 1.12. The predicted molar refractivity (Wildman–Crippen MR) is 577 cm³/mol. The second kappa shape index (κ2) is 45.8. The number of nitrogens with one attached hydrogen (secondary N) is 8. The fraction of sp³-hybridized carbons (Fsp3) is 0.370. The quantitative estimate of drug-likeness (QED) is 0.0186. The number of nitrogens with zero attached hydrogens (tertiary/aromatic N) is 12. The van der Waals surface area contributed by atoms with Gasteiger partial charge >= 0.3 is 30.1 Å². The van der Waals surface area contributed by atoms with E-state index in [0.717, 1.165) is 49.7 Å². The van der Waals surface area contributed by atoms with Crippen molar-refractivity contribution in [3.63, 3.8) is 0 Å². The summed E-state index contributed by atoms with van der Waals surface area (Å²) < 4.78 is 201. The Balaban J connectivity index is 0.000000175. The number of sulfonamides is 4. The third-order valence-corrected chi connectivity index (χ3v) is 32.7. The Morgan fingerprint density at radius 3 is 1.31 bits per heavy atom. The number of aromatic amines is 1. The molecule has 4 unspecified atom stereocenters. The summed E-state index contributed by atoms with van der Waals surface area (Å²) in [5, 5.41) is 85.2. The summed E-state index contributed by atoms with van der Waals surface area (Å²) in [7, 11) is -28.0. The Morgan fingerprint density at radius 2 is 0.905 bits per heavy atom. The molecule has 148 heavy (non-hydrogen) atoms. The number of thiophene rings is 2. The van der Waals surface area contributed by atoms with Gasteiger partial charge in [0.05, 0.1) is 88.5 Å². The topological polar surface area (TPSA) is 634 Å². The van der Waals surface area contributed by atoms with E-state index in [4.69, 9.17) is 25.8 Å². The monoisotopic (exact) mass is 2250 g/mol. The number of aromatic hydroxyl groups is 4. The van der Waals surface area contributed by atoms with Crippen LogP contribution in [0.1, 0.15) is 142 Å². The molecular weight excluding hydrogens is 2140 g/mol. The normalized spacial score (nSPS) is 16.6. The Hall–Kier alpha value is -12.1. The number of aryl methyl sites for hydroxylation is 2. The number of aliphatic hydroxyl groups is 1. The number of aliphatic hydroxyl groups excluding tert-OH is 1. The van der Waals surface area contributed by atoms with Crippen molar-refractivity contribution in [3.05, 3.63) is 211 Å². The molecule has 0 saturated heterocycles. The van der Waals surface area contributed by atoms with Gasteiger partial charge in [-0.2, -0.15) is 62.1 Å². The molecule has 1 saturated carbocycles. The fourth-order valence-corrected chi connectivity index (χ4v) is 24.7. The molecular formula is C92H113ClFN20O24P4S6+. The number of H-pyrrole nitrogens is 1. The number of hydrogen-bond acceptors (Lipinski definition) is 33. The van der Waals surface area contributed by atoms with Gasteiger partial charge in [-0.15, -0.1) is 0 Å². The zero-order valence-electron chi connectivity index (χ0n) is 83.2. The average molecular weight is 2250 g/mol. The van der Waals surface area contributed by atoms with Crippen molar-refractivity contribution < 1.29 is 95.8 Å². The molecule has 10 heterocycles. The summed E-state index contributed by atoms with van der Waals surface area (Å²) in [6.45, 7) is 24.4. The molecule has 3 aliphatic heterocycles. The third-order valence-electron chi connectivity index (χ3n) is 21.8. The maximum Gasteiger partial charge on any atom is 0.503 e. The first-order chi connectivity index (χ1) is 69.1. The highest BCUT2D eigenvalue weighted by atomic mass is 35.5. The van der Waals surface area contributed by atoms with E-state index in [9.17, 15) is 101 Å². The lowest BCUT2D eigenvalue weighted by molar-refractivity contribution is 0.331. The molecule has 12 aromatic rings. The molecule has 0 bridgehead atoms. The molecule has 794 valence electrons. The van der Waals surface area contributed by atoms with E-state index in [0.29, 0.717) is 90.5 Å². The maximum absolute atomic E-state index is 14.1. The highest BCUT2D eigenvalue weighted by molar-refractivity contribution is 7.92. The largest absolute Gasteiger partial charge is 0.505 e. The maximum atomic E-state index is 14.1. The number of anilines is 7. The fourth-order valence-electron chi connectivity index (χ4n) is 15.0. The van der Waals surface area contributed by atoms with Gasteiger partial charge in [-0.05, 0) is 193 Å². The molecule has 44 nitrogen and oxygen atoms in total.